The molecule has 0 aliphatic heterocycles. The molecular formula is C21H27F3O3SSi. The van der Waals surface area contributed by atoms with Crippen LogP contribution in [0.2, 0.25) is 5.04 Å². The van der Waals surface area contributed by atoms with Crippen LogP contribution >= 0.6 is 0 Å². The number of benzene rings is 2. The van der Waals surface area contributed by atoms with Gasteiger partial charge in [0.15, 0.2) is 9.76 Å². The van der Waals surface area contributed by atoms with E-state index in [1.807, 2.05) is 95.3 Å². The summed E-state index contributed by atoms with van der Waals surface area (Å²) in [4.78, 5) is 0. The average molecular weight is 445 g/mol. The molecule has 0 saturated heterocycles. The topological polar surface area (TPSA) is 43.4 Å². The standard InChI is InChI=1S/C21H27F3O3SSi/c1-18(2,16-12-8-6-9-13-16)20(5,29-27-28(25,26)21(22,23)24)19(3,4)17-14-10-7-11-15-17/h6-15H,29H2,1-5H3. The second-order valence-corrected chi connectivity index (χ2v) is 12.5. The van der Waals surface area contributed by atoms with E-state index in [2.05, 4.69) is 0 Å². The molecule has 0 bridgehead atoms. The highest BCUT2D eigenvalue weighted by molar-refractivity contribution is 7.88. The van der Waals surface area contributed by atoms with E-state index in [1.165, 1.54) is 0 Å². The fourth-order valence-corrected chi connectivity index (χ4v) is 6.98. The Morgan fingerprint density at radius 3 is 1.38 bits per heavy atom. The maximum atomic E-state index is 13.0. The molecule has 8 heteroatoms. The second-order valence-electron chi connectivity index (χ2n) is 8.48. The summed E-state index contributed by atoms with van der Waals surface area (Å²) in [5.41, 5.74) is -4.95. The molecule has 3 nitrogen and oxygen atoms in total. The van der Waals surface area contributed by atoms with E-state index in [0.717, 1.165) is 11.1 Å². The van der Waals surface area contributed by atoms with Gasteiger partial charge in [0.2, 0.25) is 0 Å². The Labute approximate surface area is 173 Å². The lowest BCUT2D eigenvalue weighted by atomic mass is 9.59. The first-order valence-corrected chi connectivity index (χ1v) is 11.9. The molecular weight excluding hydrogens is 417 g/mol. The maximum absolute atomic E-state index is 13.0. The molecule has 0 saturated carbocycles. The highest BCUT2D eigenvalue weighted by Gasteiger charge is 2.56. The van der Waals surface area contributed by atoms with E-state index in [4.69, 9.17) is 3.87 Å². The predicted molar refractivity (Wildman–Crippen MR) is 112 cm³/mol. The van der Waals surface area contributed by atoms with Crippen LogP contribution in [0.4, 0.5) is 13.2 Å². The number of hydrogen-bond acceptors (Lipinski definition) is 3. The van der Waals surface area contributed by atoms with Gasteiger partial charge in [0.25, 0.3) is 0 Å². The van der Waals surface area contributed by atoms with Crippen molar-refractivity contribution in [2.45, 2.75) is 56.0 Å². The first-order chi connectivity index (χ1) is 13.2. The Hall–Kier alpha value is -1.64. The van der Waals surface area contributed by atoms with E-state index >= 15 is 0 Å². The van der Waals surface area contributed by atoms with Crippen LogP contribution in [-0.4, -0.2) is 23.7 Å². The quantitative estimate of drug-likeness (QED) is 0.442. The smallest absolute Gasteiger partial charge is 0.315 e. The molecule has 0 amide bonds. The number of rotatable bonds is 7. The minimum absolute atomic E-state index is 0.666. The van der Waals surface area contributed by atoms with Crippen molar-refractivity contribution in [3.05, 3.63) is 71.8 Å². The molecule has 2 rings (SSSR count). The van der Waals surface area contributed by atoms with Gasteiger partial charge in [-0.15, -0.1) is 0 Å². The summed E-state index contributed by atoms with van der Waals surface area (Å²) in [6, 6.07) is 18.8. The van der Waals surface area contributed by atoms with Gasteiger partial charge in [-0.3, -0.25) is 0 Å². The number of hydrogen-bond donors (Lipinski definition) is 0. The summed E-state index contributed by atoms with van der Waals surface area (Å²) >= 11 is 0. The summed E-state index contributed by atoms with van der Waals surface area (Å²) in [6.07, 6.45) is 0. The number of halogens is 3. The highest BCUT2D eigenvalue weighted by atomic mass is 32.2. The molecule has 160 valence electrons. The molecule has 0 unspecified atom stereocenters. The molecule has 2 aromatic carbocycles. The van der Waals surface area contributed by atoms with Crippen molar-refractivity contribution in [2.75, 3.05) is 0 Å². The molecule has 0 atom stereocenters. The highest BCUT2D eigenvalue weighted by Crippen LogP contribution is 2.59. The first-order valence-electron chi connectivity index (χ1n) is 9.23. The van der Waals surface area contributed by atoms with E-state index in [-0.39, 0.29) is 0 Å². The summed E-state index contributed by atoms with van der Waals surface area (Å²) in [5.74, 6) is 0. The van der Waals surface area contributed by atoms with Crippen LogP contribution in [0.15, 0.2) is 60.7 Å². The third-order valence-corrected chi connectivity index (χ3v) is 11.2. The fraction of sp³-hybridized carbons (Fsp3) is 0.429. The third kappa shape index (κ3) is 4.29. The Bertz CT molecular complexity index is 873. The van der Waals surface area contributed by atoms with Crippen molar-refractivity contribution in [1.82, 2.24) is 0 Å². The zero-order chi connectivity index (χ0) is 22.1. The molecule has 0 heterocycles. The molecule has 0 aliphatic carbocycles. The van der Waals surface area contributed by atoms with Gasteiger partial charge in [-0.05, 0) is 22.0 Å². The van der Waals surface area contributed by atoms with E-state index in [1.54, 1.807) is 0 Å². The molecule has 0 aromatic heterocycles. The largest absolute Gasteiger partial charge is 0.522 e. The summed E-state index contributed by atoms with van der Waals surface area (Å²) in [5, 5.41) is -0.888. The van der Waals surface area contributed by atoms with Crippen molar-refractivity contribution in [2.24, 2.45) is 0 Å². The zero-order valence-corrected chi connectivity index (χ0v) is 19.5. The first kappa shape index (κ1) is 23.6. The predicted octanol–water partition coefficient (Wildman–Crippen LogP) is 5.07. The van der Waals surface area contributed by atoms with Crippen LogP contribution in [0.3, 0.4) is 0 Å². The van der Waals surface area contributed by atoms with Crippen molar-refractivity contribution in [3.63, 3.8) is 0 Å². The van der Waals surface area contributed by atoms with Crippen LogP contribution in [0.1, 0.15) is 45.7 Å². The van der Waals surface area contributed by atoms with Gasteiger partial charge in [-0.2, -0.15) is 21.6 Å². The lowest BCUT2D eigenvalue weighted by Gasteiger charge is -2.54. The van der Waals surface area contributed by atoms with Gasteiger partial charge in [0.05, 0.1) is 0 Å². The lowest BCUT2D eigenvalue weighted by Crippen LogP contribution is -2.51. The monoisotopic (exact) mass is 444 g/mol. The minimum atomic E-state index is -5.65. The van der Waals surface area contributed by atoms with Crippen molar-refractivity contribution in [1.29, 1.82) is 0 Å². The molecule has 0 spiro atoms. The zero-order valence-electron chi connectivity index (χ0n) is 17.2. The normalized spacial score (nSPS) is 14.5. The van der Waals surface area contributed by atoms with Gasteiger partial charge in [0.1, 0.15) is 0 Å². The Morgan fingerprint density at radius 1 is 0.724 bits per heavy atom. The SMILES string of the molecule is CC(C)(c1ccccc1)C(C)([SiH2]OS(=O)(=O)C(F)(F)F)C(C)(C)c1ccccc1. The molecule has 0 fully saturated rings. The minimum Gasteiger partial charge on any atom is -0.315 e. The van der Waals surface area contributed by atoms with Crippen LogP contribution in [-0.2, 0) is 24.8 Å². The van der Waals surface area contributed by atoms with Crippen LogP contribution in [0.5, 0.6) is 0 Å². The van der Waals surface area contributed by atoms with E-state index in [0.29, 0.717) is 0 Å². The van der Waals surface area contributed by atoms with Crippen LogP contribution in [0, 0.1) is 0 Å². The van der Waals surface area contributed by atoms with Gasteiger partial charge in [-0.25, -0.2) is 0 Å². The average Bonchev–Trinajstić information content (AvgIpc) is 2.66. The number of alkyl halides is 3. The van der Waals surface area contributed by atoms with Crippen molar-refractivity contribution < 1.29 is 25.5 Å². The molecule has 2 aromatic rings. The summed E-state index contributed by atoms with van der Waals surface area (Å²) < 4.78 is 67.1. The third-order valence-electron chi connectivity index (χ3n) is 6.54. The summed E-state index contributed by atoms with van der Waals surface area (Å²) in [6.45, 7) is 9.57. The van der Waals surface area contributed by atoms with Crippen molar-refractivity contribution in [3.8, 4) is 0 Å². The van der Waals surface area contributed by atoms with Gasteiger partial charge >= 0.3 is 15.6 Å². The molecule has 0 N–H and O–H groups in total. The van der Waals surface area contributed by atoms with Gasteiger partial charge in [0, 0.05) is 5.04 Å². The molecule has 0 radical (unpaired) electrons. The maximum Gasteiger partial charge on any atom is 0.522 e. The molecule has 29 heavy (non-hydrogen) atoms. The van der Waals surface area contributed by atoms with E-state index in [9.17, 15) is 21.6 Å². The van der Waals surface area contributed by atoms with Crippen LogP contribution < -0.4 is 0 Å². The van der Waals surface area contributed by atoms with Gasteiger partial charge in [-0.1, -0.05) is 95.3 Å². The second kappa shape index (κ2) is 7.89. The Morgan fingerprint density at radius 2 is 1.07 bits per heavy atom. The molecule has 0 aliphatic rings. The fourth-order valence-electron chi connectivity index (χ4n) is 3.75. The summed E-state index contributed by atoms with van der Waals surface area (Å²) in [7, 11) is -7.91. The van der Waals surface area contributed by atoms with Crippen molar-refractivity contribution >= 4 is 19.9 Å². The van der Waals surface area contributed by atoms with Gasteiger partial charge < -0.3 is 3.87 Å². The van der Waals surface area contributed by atoms with E-state index < -0.39 is 41.3 Å². The Balaban J connectivity index is 2.62. The lowest BCUT2D eigenvalue weighted by molar-refractivity contribution is -0.0502. The Kier molecular flexibility index (Phi) is 6.43. The van der Waals surface area contributed by atoms with Crippen LogP contribution in [0.25, 0.3) is 0 Å².